The van der Waals surface area contributed by atoms with Gasteiger partial charge in [0, 0.05) is 4.47 Å². The molecule has 0 nitrogen and oxygen atoms in total. The first-order valence-corrected chi connectivity index (χ1v) is 10.0. The molecule has 0 radical (unpaired) electrons. The third-order valence-corrected chi connectivity index (χ3v) is 6.76. The minimum absolute atomic E-state index is 1.20. The summed E-state index contributed by atoms with van der Waals surface area (Å²) in [6.45, 7) is 4.31. The molecule has 0 saturated heterocycles. The van der Waals surface area contributed by atoms with Crippen molar-refractivity contribution in [3.8, 4) is 11.1 Å². The van der Waals surface area contributed by atoms with Gasteiger partial charge in [0.05, 0.1) is 0 Å². The van der Waals surface area contributed by atoms with Crippen LogP contribution in [0, 0.1) is 13.8 Å². The van der Waals surface area contributed by atoms with Crippen molar-refractivity contribution in [1.29, 1.82) is 0 Å². The van der Waals surface area contributed by atoms with Crippen LogP contribution in [0.3, 0.4) is 0 Å². The molecule has 0 heterocycles. The van der Waals surface area contributed by atoms with Crippen LogP contribution < -0.4 is 0 Å². The third-order valence-electron chi connectivity index (χ3n) is 5.51. The molecule has 5 aromatic rings. The van der Waals surface area contributed by atoms with Gasteiger partial charge in [0.2, 0.25) is 0 Å². The maximum Gasteiger partial charge on any atom is 0.0234 e. The number of rotatable bonds is 1. The largest absolute Gasteiger partial charge is 0.0616 e. The van der Waals surface area contributed by atoms with Crippen molar-refractivity contribution < 1.29 is 0 Å². The second kappa shape index (κ2) is 6.21. The van der Waals surface area contributed by atoms with Gasteiger partial charge in [0.1, 0.15) is 0 Å². The van der Waals surface area contributed by atoms with Gasteiger partial charge in [-0.15, -0.1) is 0 Å². The predicted molar refractivity (Wildman–Crippen MR) is 122 cm³/mol. The standard InChI is InChI=1S/C26H19Br/c1-16-13-19(14-17(2)26(16)27)18-11-12-24-22-9-4-3-7-20(22)21-8-5-6-10-23(21)25(24)15-18/h3-15H,1-2H3. The van der Waals surface area contributed by atoms with Gasteiger partial charge < -0.3 is 0 Å². The maximum absolute atomic E-state index is 3.69. The Labute approximate surface area is 167 Å². The lowest BCUT2D eigenvalue weighted by Gasteiger charge is -2.13. The lowest BCUT2D eigenvalue weighted by atomic mass is 9.91. The van der Waals surface area contributed by atoms with Gasteiger partial charge in [0.15, 0.2) is 0 Å². The van der Waals surface area contributed by atoms with Gasteiger partial charge in [-0.25, -0.2) is 0 Å². The Balaban J connectivity index is 1.89. The van der Waals surface area contributed by atoms with Gasteiger partial charge in [-0.05, 0) is 74.5 Å². The van der Waals surface area contributed by atoms with E-state index in [9.17, 15) is 0 Å². The number of benzene rings is 5. The summed E-state index contributed by atoms with van der Waals surface area (Å²) in [4.78, 5) is 0. The highest BCUT2D eigenvalue weighted by Gasteiger charge is 2.10. The van der Waals surface area contributed by atoms with Gasteiger partial charge in [0.25, 0.3) is 0 Å². The first-order valence-electron chi connectivity index (χ1n) is 9.24. The van der Waals surface area contributed by atoms with Gasteiger partial charge in [-0.2, -0.15) is 0 Å². The van der Waals surface area contributed by atoms with E-state index in [1.165, 1.54) is 59.0 Å². The van der Waals surface area contributed by atoms with E-state index in [4.69, 9.17) is 0 Å². The molecular formula is C26H19Br. The van der Waals surface area contributed by atoms with Crippen LogP contribution in [0.1, 0.15) is 11.1 Å². The normalized spacial score (nSPS) is 11.5. The van der Waals surface area contributed by atoms with Crippen LogP contribution in [0.15, 0.2) is 83.3 Å². The maximum atomic E-state index is 3.69. The molecule has 0 bridgehead atoms. The monoisotopic (exact) mass is 410 g/mol. The summed E-state index contributed by atoms with van der Waals surface area (Å²) >= 11 is 3.69. The average Bonchev–Trinajstić information content (AvgIpc) is 2.71. The fraction of sp³-hybridized carbons (Fsp3) is 0.0769. The summed E-state index contributed by atoms with van der Waals surface area (Å²) in [5, 5.41) is 7.92. The van der Waals surface area contributed by atoms with Crippen LogP contribution in [0.2, 0.25) is 0 Å². The Bertz CT molecular complexity index is 1290. The van der Waals surface area contributed by atoms with E-state index in [2.05, 4.69) is 109 Å². The minimum atomic E-state index is 1.20. The highest BCUT2D eigenvalue weighted by molar-refractivity contribution is 9.10. The number of hydrogen-bond donors (Lipinski definition) is 0. The Morgan fingerprint density at radius 3 is 1.44 bits per heavy atom. The summed E-state index contributed by atoms with van der Waals surface area (Å²) in [7, 11) is 0. The summed E-state index contributed by atoms with van der Waals surface area (Å²) in [6.07, 6.45) is 0. The van der Waals surface area contributed by atoms with Gasteiger partial charge in [-0.1, -0.05) is 88.7 Å². The van der Waals surface area contributed by atoms with Crippen molar-refractivity contribution in [2.75, 3.05) is 0 Å². The molecule has 0 aromatic heterocycles. The molecule has 0 atom stereocenters. The Morgan fingerprint density at radius 2 is 0.926 bits per heavy atom. The smallest absolute Gasteiger partial charge is 0.0234 e. The molecule has 0 unspecified atom stereocenters. The summed E-state index contributed by atoms with van der Waals surface area (Å²) in [6, 6.07) is 28.9. The van der Waals surface area contributed by atoms with Crippen molar-refractivity contribution in [3.05, 3.63) is 94.5 Å². The zero-order valence-corrected chi connectivity index (χ0v) is 17.0. The van der Waals surface area contributed by atoms with Crippen LogP contribution in [0.4, 0.5) is 0 Å². The molecule has 5 aromatic carbocycles. The second-order valence-electron chi connectivity index (χ2n) is 7.28. The molecule has 1 heteroatoms. The lowest BCUT2D eigenvalue weighted by molar-refractivity contribution is 1.34. The quantitative estimate of drug-likeness (QED) is 0.244. The first kappa shape index (κ1) is 16.5. The van der Waals surface area contributed by atoms with Crippen LogP contribution >= 0.6 is 15.9 Å². The number of aryl methyl sites for hydroxylation is 2. The van der Waals surface area contributed by atoms with E-state index in [0.29, 0.717) is 0 Å². The molecular weight excluding hydrogens is 392 g/mol. The highest BCUT2D eigenvalue weighted by atomic mass is 79.9. The summed E-state index contributed by atoms with van der Waals surface area (Å²) < 4.78 is 1.20. The van der Waals surface area contributed by atoms with Gasteiger partial charge >= 0.3 is 0 Å². The molecule has 5 rings (SSSR count). The zero-order chi connectivity index (χ0) is 18.5. The van der Waals surface area contributed by atoms with E-state index < -0.39 is 0 Å². The number of fused-ring (bicyclic) bond motifs is 6. The Hall–Kier alpha value is -2.64. The Kier molecular flexibility index (Phi) is 3.80. The molecule has 0 saturated carbocycles. The van der Waals surface area contributed by atoms with Crippen LogP contribution in [0.25, 0.3) is 43.4 Å². The van der Waals surface area contributed by atoms with Crippen LogP contribution in [-0.4, -0.2) is 0 Å². The van der Waals surface area contributed by atoms with E-state index in [-0.39, 0.29) is 0 Å². The molecule has 27 heavy (non-hydrogen) atoms. The highest BCUT2D eigenvalue weighted by Crippen LogP contribution is 2.37. The first-order chi connectivity index (χ1) is 13.1. The average molecular weight is 411 g/mol. The van der Waals surface area contributed by atoms with Crippen LogP contribution in [-0.2, 0) is 0 Å². The molecule has 0 aliphatic rings. The van der Waals surface area contributed by atoms with Crippen molar-refractivity contribution in [2.45, 2.75) is 13.8 Å². The van der Waals surface area contributed by atoms with Crippen molar-refractivity contribution in [1.82, 2.24) is 0 Å². The number of halogens is 1. The zero-order valence-electron chi connectivity index (χ0n) is 15.4. The van der Waals surface area contributed by atoms with E-state index in [1.54, 1.807) is 0 Å². The van der Waals surface area contributed by atoms with Crippen molar-refractivity contribution in [2.24, 2.45) is 0 Å². The molecule has 130 valence electrons. The number of hydrogen-bond acceptors (Lipinski definition) is 0. The molecule has 0 spiro atoms. The molecule has 0 fully saturated rings. The minimum Gasteiger partial charge on any atom is -0.0616 e. The third kappa shape index (κ3) is 2.57. The van der Waals surface area contributed by atoms with E-state index in [0.717, 1.165) is 0 Å². The topological polar surface area (TPSA) is 0 Å². The fourth-order valence-electron chi connectivity index (χ4n) is 4.20. The molecule has 0 amide bonds. The molecule has 0 N–H and O–H groups in total. The predicted octanol–water partition coefficient (Wildman–Crippen LogP) is 8.19. The van der Waals surface area contributed by atoms with Crippen molar-refractivity contribution >= 4 is 48.2 Å². The Morgan fingerprint density at radius 1 is 0.481 bits per heavy atom. The van der Waals surface area contributed by atoms with Crippen LogP contribution in [0.5, 0.6) is 0 Å². The SMILES string of the molecule is Cc1cc(-c2ccc3c4ccccc4c4ccccc4c3c2)cc(C)c1Br. The van der Waals surface area contributed by atoms with Crippen molar-refractivity contribution in [3.63, 3.8) is 0 Å². The summed E-state index contributed by atoms with van der Waals surface area (Å²) in [5.74, 6) is 0. The summed E-state index contributed by atoms with van der Waals surface area (Å²) in [5.41, 5.74) is 5.08. The lowest BCUT2D eigenvalue weighted by Crippen LogP contribution is -1.87. The molecule has 0 aliphatic carbocycles. The second-order valence-corrected chi connectivity index (χ2v) is 8.07. The molecule has 0 aliphatic heterocycles. The van der Waals surface area contributed by atoms with Gasteiger partial charge in [-0.3, -0.25) is 0 Å². The van der Waals surface area contributed by atoms with E-state index >= 15 is 0 Å². The van der Waals surface area contributed by atoms with E-state index in [1.807, 2.05) is 0 Å². The fourth-order valence-corrected chi connectivity index (χ4v) is 4.43.